The fourth-order valence-electron chi connectivity index (χ4n) is 2.29. The predicted molar refractivity (Wildman–Crippen MR) is 72.4 cm³/mol. The molecule has 1 N–H and O–H groups in total. The average Bonchev–Trinajstić information content (AvgIpc) is 2.35. The molecule has 6 heteroatoms. The predicted octanol–water partition coefficient (Wildman–Crippen LogP) is 3.62. The summed E-state index contributed by atoms with van der Waals surface area (Å²) >= 11 is 0. The van der Waals surface area contributed by atoms with Gasteiger partial charge in [0.25, 0.3) is 0 Å². The molecule has 20 heavy (non-hydrogen) atoms. The monoisotopic (exact) mass is 289 g/mol. The van der Waals surface area contributed by atoms with Gasteiger partial charge < -0.3 is 5.32 Å². The van der Waals surface area contributed by atoms with Crippen LogP contribution >= 0.6 is 0 Å². The highest BCUT2D eigenvalue weighted by Gasteiger charge is 2.34. The Bertz CT molecular complexity index is 418. The first-order chi connectivity index (χ1) is 9.27. The zero-order valence-electron chi connectivity index (χ0n) is 12.3. The van der Waals surface area contributed by atoms with Crippen molar-refractivity contribution in [3.63, 3.8) is 0 Å². The van der Waals surface area contributed by atoms with E-state index in [-0.39, 0.29) is 23.7 Å². The largest absolute Gasteiger partial charge is 0.433 e. The summed E-state index contributed by atoms with van der Waals surface area (Å²) in [6.45, 7) is 8.77. The minimum Gasteiger partial charge on any atom is -0.314 e. The maximum Gasteiger partial charge on any atom is 0.433 e. The summed E-state index contributed by atoms with van der Waals surface area (Å²) in [5, 5.41) is 3.31. The van der Waals surface area contributed by atoms with Gasteiger partial charge in [0.15, 0.2) is 0 Å². The summed E-state index contributed by atoms with van der Waals surface area (Å²) in [5.74, 6) is 0.257. The summed E-state index contributed by atoms with van der Waals surface area (Å²) in [6.07, 6.45) is -2.27. The van der Waals surface area contributed by atoms with Crippen LogP contribution in [0.5, 0.6) is 0 Å². The molecule has 1 heterocycles. The van der Waals surface area contributed by atoms with E-state index < -0.39 is 11.9 Å². The molecule has 0 amide bonds. The molecule has 0 aliphatic rings. The lowest BCUT2D eigenvalue weighted by Gasteiger charge is -2.27. The number of hydrogen-bond acceptors (Lipinski definition) is 3. The van der Waals surface area contributed by atoms with Gasteiger partial charge in [-0.2, -0.15) is 13.2 Å². The second-order valence-corrected chi connectivity index (χ2v) is 5.31. The Hall–Kier alpha value is -1.17. The molecule has 0 radical (unpaired) electrons. The lowest BCUT2D eigenvalue weighted by Crippen LogP contribution is -2.36. The first-order valence-electron chi connectivity index (χ1n) is 6.90. The molecule has 2 atom stereocenters. The third-order valence-electron chi connectivity index (χ3n) is 3.24. The van der Waals surface area contributed by atoms with Crippen molar-refractivity contribution in [2.45, 2.75) is 52.3 Å². The Labute approximate surface area is 118 Å². The summed E-state index contributed by atoms with van der Waals surface area (Å²) in [5.41, 5.74) is -0.879. The molecule has 0 saturated heterocycles. The van der Waals surface area contributed by atoms with E-state index in [0.717, 1.165) is 19.0 Å². The molecule has 0 spiro atoms. The summed E-state index contributed by atoms with van der Waals surface area (Å²) in [7, 11) is 0. The Balaban J connectivity index is 3.03. The second kappa shape index (κ2) is 7.02. The number of nitrogens with one attached hydrogen (secondary N) is 1. The van der Waals surface area contributed by atoms with Gasteiger partial charge in [-0.05, 0) is 31.9 Å². The van der Waals surface area contributed by atoms with E-state index in [9.17, 15) is 13.2 Å². The van der Waals surface area contributed by atoms with E-state index in [4.69, 9.17) is 0 Å². The molecule has 3 nitrogen and oxygen atoms in total. The van der Waals surface area contributed by atoms with Crippen LogP contribution in [0, 0.1) is 5.92 Å². The summed E-state index contributed by atoms with van der Waals surface area (Å²) < 4.78 is 38.2. The molecule has 1 aromatic heterocycles. The van der Waals surface area contributed by atoms with Crippen molar-refractivity contribution >= 4 is 0 Å². The second-order valence-electron chi connectivity index (χ2n) is 5.31. The number of alkyl halides is 3. The van der Waals surface area contributed by atoms with Gasteiger partial charge in [-0.1, -0.05) is 20.8 Å². The maximum atomic E-state index is 12.7. The normalized spacial score (nSPS) is 15.4. The van der Waals surface area contributed by atoms with Crippen LogP contribution in [-0.2, 0) is 6.18 Å². The van der Waals surface area contributed by atoms with Crippen molar-refractivity contribution in [3.8, 4) is 0 Å². The van der Waals surface area contributed by atoms with Gasteiger partial charge in [-0.25, -0.2) is 9.97 Å². The molecule has 0 aromatic carbocycles. The smallest absolute Gasteiger partial charge is 0.314 e. The minimum absolute atomic E-state index is 0.0263. The van der Waals surface area contributed by atoms with Crippen molar-refractivity contribution in [2.24, 2.45) is 5.92 Å². The minimum atomic E-state index is -4.43. The quantitative estimate of drug-likeness (QED) is 0.869. The molecular weight excluding hydrogens is 267 g/mol. The Kier molecular flexibility index (Phi) is 5.92. The summed E-state index contributed by atoms with van der Waals surface area (Å²) in [6, 6.07) is 0.934. The summed E-state index contributed by atoms with van der Waals surface area (Å²) in [4.78, 5) is 7.77. The first kappa shape index (κ1) is 16.9. The Morgan fingerprint density at radius 2 is 1.90 bits per heavy atom. The number of nitrogens with zero attached hydrogens (tertiary/aromatic N) is 2. The van der Waals surface area contributed by atoms with E-state index in [1.165, 1.54) is 6.20 Å². The van der Waals surface area contributed by atoms with Crippen molar-refractivity contribution in [1.29, 1.82) is 0 Å². The van der Waals surface area contributed by atoms with Gasteiger partial charge in [0.2, 0.25) is 0 Å². The molecular formula is C14H22F3N3. The fraction of sp³-hybridized carbons (Fsp3) is 0.714. The van der Waals surface area contributed by atoms with Gasteiger partial charge >= 0.3 is 6.18 Å². The van der Waals surface area contributed by atoms with Gasteiger partial charge in [-0.3, -0.25) is 0 Å². The highest BCUT2D eigenvalue weighted by atomic mass is 19.4. The van der Waals surface area contributed by atoms with Crippen LogP contribution in [0.4, 0.5) is 13.2 Å². The highest BCUT2D eigenvalue weighted by molar-refractivity contribution is 5.11. The number of rotatable bonds is 6. The highest BCUT2D eigenvalue weighted by Crippen LogP contribution is 2.30. The van der Waals surface area contributed by atoms with E-state index in [0.29, 0.717) is 0 Å². The molecule has 114 valence electrons. The SMILES string of the molecule is CCCNC(C)C(c1nccc(C(F)(F)F)n1)C(C)C. The van der Waals surface area contributed by atoms with Gasteiger partial charge in [0.05, 0.1) is 0 Å². The fourth-order valence-corrected chi connectivity index (χ4v) is 2.29. The van der Waals surface area contributed by atoms with E-state index >= 15 is 0 Å². The zero-order valence-corrected chi connectivity index (χ0v) is 12.3. The van der Waals surface area contributed by atoms with Crippen LogP contribution in [0.1, 0.15) is 51.6 Å². The molecule has 0 saturated carbocycles. The molecule has 1 rings (SSSR count). The number of aromatic nitrogens is 2. The van der Waals surface area contributed by atoms with E-state index in [1.807, 2.05) is 27.7 Å². The molecule has 0 aliphatic heterocycles. The van der Waals surface area contributed by atoms with Crippen molar-refractivity contribution in [3.05, 3.63) is 23.8 Å². The topological polar surface area (TPSA) is 37.8 Å². The van der Waals surface area contributed by atoms with Gasteiger partial charge in [0.1, 0.15) is 11.5 Å². The van der Waals surface area contributed by atoms with Crippen molar-refractivity contribution in [2.75, 3.05) is 6.54 Å². The lowest BCUT2D eigenvalue weighted by atomic mass is 9.88. The van der Waals surface area contributed by atoms with Crippen LogP contribution in [0.2, 0.25) is 0 Å². The number of halogens is 3. The third-order valence-corrected chi connectivity index (χ3v) is 3.24. The molecule has 0 aliphatic carbocycles. The molecule has 0 fully saturated rings. The molecule has 2 unspecified atom stereocenters. The van der Waals surface area contributed by atoms with Crippen LogP contribution in [0.15, 0.2) is 12.3 Å². The van der Waals surface area contributed by atoms with Crippen molar-refractivity contribution < 1.29 is 13.2 Å². The molecule has 0 bridgehead atoms. The van der Waals surface area contributed by atoms with Crippen molar-refractivity contribution in [1.82, 2.24) is 15.3 Å². The average molecular weight is 289 g/mol. The Morgan fingerprint density at radius 3 is 2.40 bits per heavy atom. The van der Waals surface area contributed by atoms with Crippen LogP contribution in [-0.4, -0.2) is 22.6 Å². The first-order valence-corrected chi connectivity index (χ1v) is 6.90. The van der Waals surface area contributed by atoms with E-state index in [1.54, 1.807) is 0 Å². The maximum absolute atomic E-state index is 12.7. The number of hydrogen-bond donors (Lipinski definition) is 1. The van der Waals surface area contributed by atoms with Gasteiger partial charge in [-0.15, -0.1) is 0 Å². The Morgan fingerprint density at radius 1 is 1.25 bits per heavy atom. The lowest BCUT2D eigenvalue weighted by molar-refractivity contribution is -0.141. The standard InChI is InChI=1S/C14H22F3N3/c1-5-7-18-10(4)12(9(2)3)13-19-8-6-11(20-13)14(15,16)17/h6,8-10,12,18H,5,7H2,1-4H3. The zero-order chi connectivity index (χ0) is 15.3. The van der Waals surface area contributed by atoms with Crippen LogP contribution < -0.4 is 5.32 Å². The molecule has 1 aromatic rings. The van der Waals surface area contributed by atoms with Crippen LogP contribution in [0.3, 0.4) is 0 Å². The third kappa shape index (κ3) is 4.44. The van der Waals surface area contributed by atoms with E-state index in [2.05, 4.69) is 15.3 Å². The van der Waals surface area contributed by atoms with Crippen LogP contribution in [0.25, 0.3) is 0 Å². The van der Waals surface area contributed by atoms with Gasteiger partial charge in [0, 0.05) is 18.2 Å².